The van der Waals surface area contributed by atoms with Crippen LogP contribution < -0.4 is 20.5 Å². The summed E-state index contributed by atoms with van der Waals surface area (Å²) in [4.78, 5) is 14.0. The summed E-state index contributed by atoms with van der Waals surface area (Å²) in [6.45, 7) is 0. The average Bonchev–Trinajstić information content (AvgIpc) is 3.30. The minimum absolute atomic E-state index is 0.347. The predicted octanol–water partition coefficient (Wildman–Crippen LogP) is 5.56. The molecule has 0 aliphatic heterocycles. The van der Waals surface area contributed by atoms with Gasteiger partial charge < -0.3 is 20.5 Å². The van der Waals surface area contributed by atoms with Crippen molar-refractivity contribution in [3.05, 3.63) is 58.8 Å². The summed E-state index contributed by atoms with van der Waals surface area (Å²) in [7, 11) is 4.84. The number of benzene rings is 2. The van der Waals surface area contributed by atoms with E-state index >= 15 is 0 Å². The monoisotopic (exact) mass is 494 g/mol. The van der Waals surface area contributed by atoms with E-state index in [0.717, 1.165) is 16.6 Å². The molecule has 3 N–H and O–H groups in total. The third-order valence-corrected chi connectivity index (χ3v) is 6.29. The Balaban J connectivity index is 1.90. The van der Waals surface area contributed by atoms with Crippen LogP contribution in [0, 0.1) is 0 Å². The highest BCUT2D eigenvalue weighted by molar-refractivity contribution is 6.41. The first-order valence-electron chi connectivity index (χ1n) is 10.3. The van der Waals surface area contributed by atoms with E-state index in [1.54, 1.807) is 19.3 Å². The van der Waals surface area contributed by atoms with Crippen molar-refractivity contribution in [3.8, 4) is 33.9 Å². The molecule has 0 unspecified atom stereocenters. The number of methoxy groups -OCH3 is 2. The molecule has 3 aromatic heterocycles. The molecule has 8 nitrogen and oxygen atoms in total. The van der Waals surface area contributed by atoms with Gasteiger partial charge in [-0.25, -0.2) is 9.97 Å². The molecule has 0 saturated heterocycles. The number of rotatable bonds is 5. The third kappa shape index (κ3) is 3.52. The van der Waals surface area contributed by atoms with Crippen LogP contribution in [0.5, 0.6) is 11.5 Å². The summed E-state index contributed by atoms with van der Waals surface area (Å²) in [5.41, 5.74) is 10.7. The fraction of sp³-hybridized carbons (Fsp3) is 0.125. The number of aromatic nitrogens is 4. The number of nitrogens with one attached hydrogen (secondary N) is 1. The summed E-state index contributed by atoms with van der Waals surface area (Å²) < 4.78 is 12.9. The lowest BCUT2D eigenvalue weighted by Crippen LogP contribution is -2.01. The molecule has 5 aromatic rings. The van der Waals surface area contributed by atoms with Gasteiger partial charge in [0, 0.05) is 53.3 Å². The molecule has 34 heavy (non-hydrogen) atoms. The lowest BCUT2D eigenvalue weighted by atomic mass is 10.0. The van der Waals surface area contributed by atoms with E-state index in [9.17, 15) is 0 Å². The van der Waals surface area contributed by atoms with Crippen LogP contribution in [0.3, 0.4) is 0 Å². The molecule has 0 bridgehead atoms. The Bertz CT molecular complexity index is 1520. The van der Waals surface area contributed by atoms with Gasteiger partial charge in [0.25, 0.3) is 0 Å². The maximum atomic E-state index is 6.76. The van der Waals surface area contributed by atoms with Crippen LogP contribution in [-0.2, 0) is 0 Å². The van der Waals surface area contributed by atoms with Crippen LogP contribution in [-0.4, -0.2) is 40.6 Å². The van der Waals surface area contributed by atoms with Crippen LogP contribution in [0.2, 0.25) is 10.0 Å². The molecule has 172 valence electrons. The van der Waals surface area contributed by atoms with Gasteiger partial charge in [-0.05, 0) is 18.2 Å². The van der Waals surface area contributed by atoms with E-state index in [2.05, 4.69) is 15.3 Å². The number of hydrogen-bond donors (Lipinski definition) is 2. The van der Waals surface area contributed by atoms with E-state index in [4.69, 9.17) is 43.4 Å². The molecule has 5 rings (SSSR count). The smallest absolute Gasteiger partial charge is 0.224 e. The van der Waals surface area contributed by atoms with Crippen molar-refractivity contribution in [3.63, 3.8) is 0 Å². The highest BCUT2D eigenvalue weighted by Crippen LogP contribution is 2.47. The lowest BCUT2D eigenvalue weighted by Gasteiger charge is -2.16. The maximum Gasteiger partial charge on any atom is 0.224 e. The molecule has 10 heteroatoms. The quantitative estimate of drug-likeness (QED) is 0.308. The Labute approximate surface area is 205 Å². The Kier molecular flexibility index (Phi) is 5.55. The topological polar surface area (TPSA) is 99.6 Å². The standard InChI is InChI=1S/C24H20Cl2N6O2/c1-28-24-29-10-13-8-15(19-20(25)17(33-2)9-18(34-3)21(19)26)23-30-16(11-32(23)22(13)31-24)12-4-6-14(27)7-5-12/h4-11H,27H2,1-3H3,(H,28,29,31). The zero-order chi connectivity index (χ0) is 24.0. The highest BCUT2D eigenvalue weighted by atomic mass is 35.5. The number of nitrogens with zero attached hydrogens (tertiary/aromatic N) is 4. The summed E-state index contributed by atoms with van der Waals surface area (Å²) in [6, 6.07) is 11.1. The third-order valence-electron chi connectivity index (χ3n) is 5.54. The molecule has 0 amide bonds. The van der Waals surface area contributed by atoms with Crippen molar-refractivity contribution in [1.29, 1.82) is 0 Å². The number of imidazole rings is 1. The number of nitrogen functional groups attached to an aromatic ring is 1. The normalized spacial score (nSPS) is 11.2. The fourth-order valence-electron chi connectivity index (χ4n) is 3.85. The molecule has 0 aliphatic carbocycles. The van der Waals surface area contributed by atoms with Crippen molar-refractivity contribution in [2.45, 2.75) is 0 Å². The summed E-state index contributed by atoms with van der Waals surface area (Å²) in [5.74, 6) is 1.36. The molecule has 0 fully saturated rings. The maximum absolute atomic E-state index is 6.76. The van der Waals surface area contributed by atoms with E-state index in [1.165, 1.54) is 14.2 Å². The van der Waals surface area contributed by atoms with Crippen molar-refractivity contribution < 1.29 is 9.47 Å². The minimum atomic E-state index is 0.347. The van der Waals surface area contributed by atoms with E-state index < -0.39 is 0 Å². The van der Waals surface area contributed by atoms with Gasteiger partial charge >= 0.3 is 0 Å². The van der Waals surface area contributed by atoms with Crippen LogP contribution in [0.4, 0.5) is 11.6 Å². The Morgan fingerprint density at radius 2 is 1.62 bits per heavy atom. The average molecular weight is 495 g/mol. The van der Waals surface area contributed by atoms with Crippen LogP contribution in [0.1, 0.15) is 0 Å². The largest absolute Gasteiger partial charge is 0.495 e. The second kappa shape index (κ2) is 8.55. The Hall–Kier alpha value is -3.75. The molecule has 0 saturated carbocycles. The minimum Gasteiger partial charge on any atom is -0.495 e. The number of halogens is 2. The van der Waals surface area contributed by atoms with Crippen molar-refractivity contribution in [1.82, 2.24) is 19.4 Å². The van der Waals surface area contributed by atoms with Crippen molar-refractivity contribution >= 4 is 51.5 Å². The molecular weight excluding hydrogens is 475 g/mol. The van der Waals surface area contributed by atoms with Gasteiger partial charge in [-0.3, -0.25) is 4.40 Å². The van der Waals surface area contributed by atoms with E-state index in [-0.39, 0.29) is 0 Å². The van der Waals surface area contributed by atoms with Crippen molar-refractivity contribution in [2.24, 2.45) is 0 Å². The van der Waals surface area contributed by atoms with E-state index in [1.807, 2.05) is 40.9 Å². The zero-order valence-corrected chi connectivity index (χ0v) is 20.1. The highest BCUT2D eigenvalue weighted by Gasteiger charge is 2.23. The molecule has 2 aromatic carbocycles. The van der Waals surface area contributed by atoms with E-state index in [0.29, 0.717) is 55.6 Å². The van der Waals surface area contributed by atoms with Crippen molar-refractivity contribution in [2.75, 3.05) is 32.3 Å². The number of fused-ring (bicyclic) bond motifs is 3. The first kappa shape index (κ1) is 22.1. The lowest BCUT2D eigenvalue weighted by molar-refractivity contribution is 0.395. The van der Waals surface area contributed by atoms with Crippen LogP contribution in [0.25, 0.3) is 39.1 Å². The SMILES string of the molecule is CNc1ncc2cc(-c3c(Cl)c(OC)cc(OC)c3Cl)c3nc(-c4ccc(N)cc4)cn3c2n1. The predicted molar refractivity (Wildman–Crippen MR) is 136 cm³/mol. The van der Waals surface area contributed by atoms with Gasteiger partial charge in [-0.1, -0.05) is 35.3 Å². The molecule has 0 radical (unpaired) electrons. The number of nitrogens with two attached hydrogens (primary N) is 1. The molecule has 0 spiro atoms. The molecular formula is C24H20Cl2N6O2. The number of hydrogen-bond acceptors (Lipinski definition) is 7. The van der Waals surface area contributed by atoms with Gasteiger partial charge in [0.15, 0.2) is 5.65 Å². The van der Waals surface area contributed by atoms with Crippen LogP contribution in [0.15, 0.2) is 48.8 Å². The number of anilines is 2. The number of ether oxygens (including phenoxy) is 2. The van der Waals surface area contributed by atoms with Gasteiger partial charge in [-0.2, -0.15) is 4.98 Å². The second-order valence-electron chi connectivity index (χ2n) is 7.51. The first-order valence-corrected chi connectivity index (χ1v) is 11.0. The summed E-state index contributed by atoms with van der Waals surface area (Å²) >= 11 is 13.5. The van der Waals surface area contributed by atoms with Crippen LogP contribution >= 0.6 is 23.2 Å². The molecule has 0 atom stereocenters. The van der Waals surface area contributed by atoms with Gasteiger partial charge in [0.2, 0.25) is 5.95 Å². The fourth-order valence-corrected chi connectivity index (χ4v) is 4.55. The Morgan fingerprint density at radius 3 is 2.24 bits per heavy atom. The summed E-state index contributed by atoms with van der Waals surface area (Å²) in [6.07, 6.45) is 3.65. The van der Waals surface area contributed by atoms with Gasteiger partial charge in [0.05, 0.1) is 30.0 Å². The van der Waals surface area contributed by atoms with Gasteiger partial charge in [0.1, 0.15) is 17.1 Å². The summed E-state index contributed by atoms with van der Waals surface area (Å²) in [5, 5.41) is 4.45. The molecule has 3 heterocycles. The zero-order valence-electron chi connectivity index (χ0n) is 18.6. The van der Waals surface area contributed by atoms with Gasteiger partial charge in [-0.15, -0.1) is 0 Å². The Morgan fingerprint density at radius 1 is 0.941 bits per heavy atom. The second-order valence-corrected chi connectivity index (χ2v) is 8.26. The molecule has 0 aliphatic rings. The number of pyridine rings is 1. The first-order chi connectivity index (χ1) is 16.4.